The minimum atomic E-state index is 0.465. The molecule has 0 aliphatic carbocycles. The molecule has 2 aromatic rings. The van der Waals surface area contributed by atoms with Crippen molar-refractivity contribution in [3.05, 3.63) is 64.7 Å². The van der Waals surface area contributed by atoms with Crippen molar-refractivity contribution >= 4 is 15.9 Å². The Morgan fingerprint density at radius 3 is 2.50 bits per heavy atom. The fourth-order valence-corrected chi connectivity index (χ4v) is 3.20. The summed E-state index contributed by atoms with van der Waals surface area (Å²) >= 11 is 3.67. The Morgan fingerprint density at radius 2 is 1.85 bits per heavy atom. The van der Waals surface area contributed by atoms with Crippen LogP contribution < -0.4 is 4.74 Å². The summed E-state index contributed by atoms with van der Waals surface area (Å²) in [6.45, 7) is 4.30. The van der Waals surface area contributed by atoms with Gasteiger partial charge in [-0.2, -0.15) is 0 Å². The molecule has 0 fully saturated rings. The summed E-state index contributed by atoms with van der Waals surface area (Å²) in [7, 11) is 1.74. The molecule has 20 heavy (non-hydrogen) atoms. The number of hydrogen-bond donors (Lipinski definition) is 0. The number of alkyl halides is 1. The van der Waals surface area contributed by atoms with Crippen LogP contribution in [-0.2, 0) is 6.42 Å². The standard InChI is InChI=1S/C18H21BrO/c1-13-8-9-18(20-3)15(10-13)11-16(12-19)17-7-5-4-6-14(17)2/h4-10,16H,11-12H2,1-3H3. The second-order valence-electron chi connectivity index (χ2n) is 5.23. The molecule has 0 saturated heterocycles. The molecule has 0 spiro atoms. The van der Waals surface area contributed by atoms with Crippen LogP contribution in [0.25, 0.3) is 0 Å². The van der Waals surface area contributed by atoms with Crippen molar-refractivity contribution in [1.82, 2.24) is 0 Å². The van der Waals surface area contributed by atoms with Gasteiger partial charge in [-0.15, -0.1) is 0 Å². The Hall–Kier alpha value is -1.28. The lowest BCUT2D eigenvalue weighted by molar-refractivity contribution is 0.408. The average molecular weight is 333 g/mol. The molecule has 2 rings (SSSR count). The highest BCUT2D eigenvalue weighted by molar-refractivity contribution is 9.09. The second-order valence-corrected chi connectivity index (χ2v) is 5.87. The number of methoxy groups -OCH3 is 1. The van der Waals surface area contributed by atoms with E-state index >= 15 is 0 Å². The number of ether oxygens (including phenoxy) is 1. The molecule has 0 amide bonds. The molecule has 0 heterocycles. The summed E-state index contributed by atoms with van der Waals surface area (Å²) in [6, 6.07) is 15.0. The normalized spacial score (nSPS) is 12.2. The van der Waals surface area contributed by atoms with Crippen LogP contribution in [0.2, 0.25) is 0 Å². The van der Waals surface area contributed by atoms with Crippen molar-refractivity contribution in [1.29, 1.82) is 0 Å². The molecule has 1 unspecified atom stereocenters. The maximum Gasteiger partial charge on any atom is 0.122 e. The Balaban J connectivity index is 2.31. The van der Waals surface area contributed by atoms with Crippen molar-refractivity contribution in [2.45, 2.75) is 26.2 Å². The van der Waals surface area contributed by atoms with Crippen molar-refractivity contribution in [2.24, 2.45) is 0 Å². The van der Waals surface area contributed by atoms with Gasteiger partial charge in [-0.25, -0.2) is 0 Å². The van der Waals surface area contributed by atoms with Gasteiger partial charge >= 0.3 is 0 Å². The summed E-state index contributed by atoms with van der Waals surface area (Å²) in [4.78, 5) is 0. The van der Waals surface area contributed by atoms with Gasteiger partial charge in [0.15, 0.2) is 0 Å². The average Bonchev–Trinajstić information content (AvgIpc) is 2.46. The van der Waals surface area contributed by atoms with E-state index in [9.17, 15) is 0 Å². The molecule has 0 saturated carbocycles. The van der Waals surface area contributed by atoms with E-state index in [4.69, 9.17) is 4.74 Å². The summed E-state index contributed by atoms with van der Waals surface area (Å²) in [5, 5.41) is 0.953. The van der Waals surface area contributed by atoms with Gasteiger partial charge in [-0.1, -0.05) is 57.9 Å². The van der Waals surface area contributed by atoms with E-state index in [-0.39, 0.29) is 0 Å². The highest BCUT2D eigenvalue weighted by atomic mass is 79.9. The molecule has 1 nitrogen and oxygen atoms in total. The van der Waals surface area contributed by atoms with Crippen molar-refractivity contribution in [3.63, 3.8) is 0 Å². The summed E-state index contributed by atoms with van der Waals surface area (Å²) < 4.78 is 5.50. The summed E-state index contributed by atoms with van der Waals surface area (Å²) in [5.74, 6) is 1.45. The SMILES string of the molecule is COc1ccc(C)cc1CC(CBr)c1ccccc1C. The lowest BCUT2D eigenvalue weighted by atomic mass is 9.90. The number of rotatable bonds is 5. The molecule has 2 heteroatoms. The third-order valence-corrected chi connectivity index (χ3v) is 4.50. The monoisotopic (exact) mass is 332 g/mol. The maximum atomic E-state index is 5.50. The van der Waals surface area contributed by atoms with Gasteiger partial charge < -0.3 is 4.74 Å². The van der Waals surface area contributed by atoms with Gasteiger partial charge in [0.1, 0.15) is 5.75 Å². The smallest absolute Gasteiger partial charge is 0.122 e. The van der Waals surface area contributed by atoms with E-state index in [0.29, 0.717) is 5.92 Å². The quantitative estimate of drug-likeness (QED) is 0.697. The van der Waals surface area contributed by atoms with Crippen LogP contribution in [0.5, 0.6) is 5.75 Å². The lowest BCUT2D eigenvalue weighted by Crippen LogP contribution is -2.07. The van der Waals surface area contributed by atoms with Crippen LogP contribution in [-0.4, -0.2) is 12.4 Å². The zero-order valence-electron chi connectivity index (χ0n) is 12.3. The molecule has 1 atom stereocenters. The van der Waals surface area contributed by atoms with Gasteiger partial charge in [0.05, 0.1) is 7.11 Å². The van der Waals surface area contributed by atoms with Crippen molar-refractivity contribution in [3.8, 4) is 5.75 Å². The Bertz CT molecular complexity index is 577. The van der Waals surface area contributed by atoms with Crippen LogP contribution in [0.1, 0.15) is 28.2 Å². The predicted molar refractivity (Wildman–Crippen MR) is 89.1 cm³/mol. The van der Waals surface area contributed by atoms with E-state index in [2.05, 4.69) is 72.2 Å². The third-order valence-electron chi connectivity index (χ3n) is 3.72. The predicted octanol–water partition coefficient (Wildman–Crippen LogP) is 5.03. The second kappa shape index (κ2) is 6.94. The minimum Gasteiger partial charge on any atom is -0.496 e. The third kappa shape index (κ3) is 3.43. The van der Waals surface area contributed by atoms with Gasteiger partial charge in [-0.05, 0) is 48.9 Å². The number of benzene rings is 2. The molecule has 0 bridgehead atoms. The molecule has 106 valence electrons. The first-order valence-corrected chi connectivity index (χ1v) is 8.03. The van der Waals surface area contributed by atoms with Crippen molar-refractivity contribution < 1.29 is 4.74 Å². The molecule has 0 aromatic heterocycles. The first-order chi connectivity index (χ1) is 9.65. The lowest BCUT2D eigenvalue weighted by Gasteiger charge is -2.19. The molecule has 0 radical (unpaired) electrons. The van der Waals surface area contributed by atoms with Gasteiger partial charge in [0, 0.05) is 5.33 Å². The minimum absolute atomic E-state index is 0.465. The van der Waals surface area contributed by atoms with E-state index in [1.165, 1.54) is 22.3 Å². The van der Waals surface area contributed by atoms with Crippen LogP contribution in [0.3, 0.4) is 0 Å². The van der Waals surface area contributed by atoms with Gasteiger partial charge in [0.25, 0.3) is 0 Å². The first-order valence-electron chi connectivity index (χ1n) is 6.90. The van der Waals surface area contributed by atoms with Crippen LogP contribution in [0.4, 0.5) is 0 Å². The fraction of sp³-hybridized carbons (Fsp3) is 0.333. The molecule has 2 aromatic carbocycles. The molecule has 0 N–H and O–H groups in total. The Kier molecular flexibility index (Phi) is 5.24. The highest BCUT2D eigenvalue weighted by Crippen LogP contribution is 2.30. The fourth-order valence-electron chi connectivity index (χ4n) is 2.62. The van der Waals surface area contributed by atoms with Crippen LogP contribution >= 0.6 is 15.9 Å². The Morgan fingerprint density at radius 1 is 1.10 bits per heavy atom. The molecule has 0 aliphatic rings. The van der Waals surface area contributed by atoms with Crippen LogP contribution in [0.15, 0.2) is 42.5 Å². The largest absolute Gasteiger partial charge is 0.496 e. The highest BCUT2D eigenvalue weighted by Gasteiger charge is 2.15. The molecule has 0 aliphatic heterocycles. The van der Waals surface area contributed by atoms with Crippen LogP contribution in [0, 0.1) is 13.8 Å². The zero-order chi connectivity index (χ0) is 14.5. The molecular weight excluding hydrogens is 312 g/mol. The van der Waals surface area contributed by atoms with E-state index in [1.54, 1.807) is 7.11 Å². The Labute approximate surface area is 130 Å². The van der Waals surface area contributed by atoms with Gasteiger partial charge in [-0.3, -0.25) is 0 Å². The topological polar surface area (TPSA) is 9.23 Å². The van der Waals surface area contributed by atoms with E-state index in [1.807, 2.05) is 0 Å². The zero-order valence-corrected chi connectivity index (χ0v) is 13.9. The number of aryl methyl sites for hydroxylation is 2. The number of hydrogen-bond acceptors (Lipinski definition) is 1. The first kappa shape index (κ1) is 15.1. The summed E-state index contributed by atoms with van der Waals surface area (Å²) in [5.41, 5.74) is 5.32. The van der Waals surface area contributed by atoms with E-state index < -0.39 is 0 Å². The number of halogens is 1. The maximum absolute atomic E-state index is 5.50. The summed E-state index contributed by atoms with van der Waals surface area (Å²) in [6.07, 6.45) is 0.987. The van der Waals surface area contributed by atoms with Gasteiger partial charge in [0.2, 0.25) is 0 Å². The van der Waals surface area contributed by atoms with E-state index in [0.717, 1.165) is 17.5 Å². The molecular formula is C18H21BrO. The van der Waals surface area contributed by atoms with Crippen molar-refractivity contribution in [2.75, 3.05) is 12.4 Å².